The van der Waals surface area contributed by atoms with E-state index < -0.39 is 17.8 Å². The van der Waals surface area contributed by atoms with Crippen LogP contribution < -0.4 is 15.4 Å². The van der Waals surface area contributed by atoms with Crippen LogP contribution in [0.1, 0.15) is 11.1 Å². The van der Waals surface area contributed by atoms with Gasteiger partial charge in [-0.1, -0.05) is 6.07 Å². The van der Waals surface area contributed by atoms with E-state index in [1.54, 1.807) is 48.5 Å². The third-order valence-corrected chi connectivity index (χ3v) is 3.98. The smallest absolute Gasteiger partial charge is 0.416 e. The number of anilines is 2. The van der Waals surface area contributed by atoms with Crippen molar-refractivity contribution in [3.8, 4) is 11.5 Å². The molecule has 152 valence electrons. The summed E-state index contributed by atoms with van der Waals surface area (Å²) < 4.78 is 43.9. The molecule has 0 saturated heterocycles. The molecule has 0 atom stereocenters. The molecule has 3 aromatic carbocycles. The molecule has 0 bridgehead atoms. The second-order valence-corrected chi connectivity index (χ2v) is 6.24. The van der Waals surface area contributed by atoms with Crippen LogP contribution in [0.3, 0.4) is 0 Å². The van der Waals surface area contributed by atoms with Gasteiger partial charge in [-0.2, -0.15) is 13.2 Å². The molecule has 0 aliphatic heterocycles. The van der Waals surface area contributed by atoms with Gasteiger partial charge >= 0.3 is 12.2 Å². The Morgan fingerprint density at radius 1 is 0.900 bits per heavy atom. The first-order valence-corrected chi connectivity index (χ1v) is 8.79. The molecule has 0 aliphatic carbocycles. The molecule has 0 saturated carbocycles. The Morgan fingerprint density at radius 3 is 2.10 bits per heavy atom. The number of carbonyl (C=O) groups excluding carboxylic acids is 1. The van der Waals surface area contributed by atoms with Crippen molar-refractivity contribution >= 4 is 17.4 Å². The number of ether oxygens (including phenoxy) is 1. The molecule has 2 amide bonds. The van der Waals surface area contributed by atoms with Gasteiger partial charge < -0.3 is 20.2 Å². The number of alkyl halides is 3. The maximum absolute atomic E-state index is 12.7. The van der Waals surface area contributed by atoms with E-state index in [0.29, 0.717) is 23.7 Å². The van der Waals surface area contributed by atoms with Gasteiger partial charge in [0.25, 0.3) is 0 Å². The number of carbonyl (C=O) groups is 1. The van der Waals surface area contributed by atoms with Crippen LogP contribution in [0, 0.1) is 6.57 Å². The van der Waals surface area contributed by atoms with Gasteiger partial charge in [-0.05, 0) is 66.7 Å². The lowest BCUT2D eigenvalue weighted by Crippen LogP contribution is -2.19. The second kappa shape index (κ2) is 9.01. The van der Waals surface area contributed by atoms with Gasteiger partial charge in [0.15, 0.2) is 0 Å². The Kier molecular flexibility index (Phi) is 6.23. The van der Waals surface area contributed by atoms with Crippen molar-refractivity contribution in [2.45, 2.75) is 12.7 Å². The minimum Gasteiger partial charge on any atom is -0.457 e. The van der Waals surface area contributed by atoms with Crippen molar-refractivity contribution in [1.82, 2.24) is 0 Å². The number of hydrogen-bond donors (Lipinski definition) is 2. The summed E-state index contributed by atoms with van der Waals surface area (Å²) in [6.07, 6.45) is -4.48. The van der Waals surface area contributed by atoms with E-state index in [2.05, 4.69) is 15.5 Å². The number of benzene rings is 3. The monoisotopic (exact) mass is 411 g/mol. The van der Waals surface area contributed by atoms with E-state index in [-0.39, 0.29) is 5.69 Å². The Bertz CT molecular complexity index is 1060. The first kappa shape index (κ1) is 20.7. The summed E-state index contributed by atoms with van der Waals surface area (Å²) in [5, 5.41) is 4.92. The van der Waals surface area contributed by atoms with E-state index in [1.807, 2.05) is 0 Å². The van der Waals surface area contributed by atoms with Crippen LogP contribution in [-0.2, 0) is 12.7 Å². The minimum absolute atomic E-state index is 0.0314. The van der Waals surface area contributed by atoms with Crippen LogP contribution in [-0.4, -0.2) is 6.03 Å². The van der Waals surface area contributed by atoms with Crippen molar-refractivity contribution in [2.24, 2.45) is 0 Å². The highest BCUT2D eigenvalue weighted by molar-refractivity contribution is 5.99. The third kappa shape index (κ3) is 5.75. The van der Waals surface area contributed by atoms with Crippen molar-refractivity contribution in [2.75, 3.05) is 10.6 Å². The molecule has 5 nitrogen and oxygen atoms in total. The predicted octanol–water partition coefficient (Wildman–Crippen LogP) is 6.56. The summed E-state index contributed by atoms with van der Waals surface area (Å²) in [5.74, 6) is 1.14. The first-order chi connectivity index (χ1) is 14.3. The van der Waals surface area contributed by atoms with Gasteiger partial charge in [-0.15, -0.1) is 0 Å². The molecule has 30 heavy (non-hydrogen) atoms. The van der Waals surface area contributed by atoms with E-state index in [1.165, 1.54) is 12.1 Å². The summed E-state index contributed by atoms with van der Waals surface area (Å²) in [5.41, 5.74) is 0.524. The molecule has 3 aromatic rings. The summed E-state index contributed by atoms with van der Waals surface area (Å²) >= 11 is 0. The topological polar surface area (TPSA) is 54.7 Å². The fourth-order valence-electron chi connectivity index (χ4n) is 2.56. The lowest BCUT2D eigenvalue weighted by Gasteiger charge is -2.11. The maximum Gasteiger partial charge on any atom is 0.416 e. The molecular formula is C22H16F3N3O2. The molecule has 3 rings (SSSR count). The Hall–Kier alpha value is -3.99. The number of halogens is 3. The summed E-state index contributed by atoms with van der Waals surface area (Å²) in [4.78, 5) is 15.4. The van der Waals surface area contributed by atoms with Gasteiger partial charge in [0.1, 0.15) is 11.5 Å². The molecule has 0 unspecified atom stereocenters. The predicted molar refractivity (Wildman–Crippen MR) is 107 cm³/mol. The van der Waals surface area contributed by atoms with E-state index in [9.17, 15) is 18.0 Å². The second-order valence-electron chi connectivity index (χ2n) is 6.24. The zero-order valence-electron chi connectivity index (χ0n) is 15.5. The molecular weight excluding hydrogens is 395 g/mol. The zero-order chi connectivity index (χ0) is 21.6. The average molecular weight is 411 g/mol. The molecule has 0 aliphatic rings. The first-order valence-electron chi connectivity index (χ1n) is 8.79. The number of nitrogens with one attached hydrogen (secondary N) is 2. The highest BCUT2D eigenvalue weighted by Gasteiger charge is 2.30. The van der Waals surface area contributed by atoms with Crippen LogP contribution in [0.2, 0.25) is 0 Å². The minimum atomic E-state index is -4.48. The summed E-state index contributed by atoms with van der Waals surface area (Å²) in [6.45, 7) is 7.16. The van der Waals surface area contributed by atoms with Crippen molar-refractivity contribution in [1.29, 1.82) is 0 Å². The normalized spacial score (nSPS) is 10.7. The van der Waals surface area contributed by atoms with Gasteiger partial charge in [0.2, 0.25) is 6.54 Å². The fraction of sp³-hybridized carbons (Fsp3) is 0.0909. The van der Waals surface area contributed by atoms with Crippen LogP contribution in [0.15, 0.2) is 72.8 Å². The maximum atomic E-state index is 12.7. The Morgan fingerprint density at radius 2 is 1.50 bits per heavy atom. The Balaban J connectivity index is 1.57. The summed E-state index contributed by atoms with van der Waals surface area (Å²) in [7, 11) is 0. The highest BCUT2D eigenvalue weighted by atomic mass is 19.4. The molecule has 2 N–H and O–H groups in total. The lowest BCUT2D eigenvalue weighted by molar-refractivity contribution is -0.137. The summed E-state index contributed by atoms with van der Waals surface area (Å²) in [6, 6.07) is 17.3. The average Bonchev–Trinajstić information content (AvgIpc) is 2.71. The van der Waals surface area contributed by atoms with Gasteiger partial charge in [-0.3, -0.25) is 0 Å². The van der Waals surface area contributed by atoms with Crippen LogP contribution in [0.5, 0.6) is 11.5 Å². The molecule has 8 heteroatoms. The quantitative estimate of drug-likeness (QED) is 0.467. The number of amides is 2. The van der Waals surface area contributed by atoms with Crippen molar-refractivity contribution < 1.29 is 22.7 Å². The lowest BCUT2D eigenvalue weighted by atomic mass is 10.2. The van der Waals surface area contributed by atoms with Crippen LogP contribution in [0.25, 0.3) is 4.85 Å². The van der Waals surface area contributed by atoms with E-state index in [0.717, 1.165) is 17.7 Å². The van der Waals surface area contributed by atoms with Gasteiger partial charge in [0, 0.05) is 16.9 Å². The SMILES string of the molecule is [C-]#[N+]Cc1ccc(Oc2ccc(NC(=O)Nc3cccc(C(F)(F)F)c3)cc2)cc1. The highest BCUT2D eigenvalue weighted by Crippen LogP contribution is 2.30. The third-order valence-electron chi connectivity index (χ3n) is 3.98. The van der Waals surface area contributed by atoms with E-state index >= 15 is 0 Å². The Labute approximate surface area is 170 Å². The number of hydrogen-bond acceptors (Lipinski definition) is 2. The van der Waals surface area contributed by atoms with Crippen LogP contribution >= 0.6 is 0 Å². The molecule has 0 radical (unpaired) electrons. The van der Waals surface area contributed by atoms with Crippen molar-refractivity contribution in [3.63, 3.8) is 0 Å². The zero-order valence-corrected chi connectivity index (χ0v) is 15.5. The number of urea groups is 1. The standard InChI is InChI=1S/C22H16F3N3O2/c1-26-14-15-5-9-19(10-6-15)30-20-11-7-17(8-12-20)27-21(29)28-18-4-2-3-16(13-18)22(23,24)25/h2-13H,14H2,(H2,27,28,29). The molecule has 0 fully saturated rings. The number of rotatable bonds is 5. The number of nitrogens with zero attached hydrogens (tertiary/aromatic N) is 1. The molecule has 0 heterocycles. The molecule has 0 spiro atoms. The largest absolute Gasteiger partial charge is 0.457 e. The fourth-order valence-corrected chi connectivity index (χ4v) is 2.56. The van der Waals surface area contributed by atoms with Crippen molar-refractivity contribution in [3.05, 3.63) is 95.3 Å². The van der Waals surface area contributed by atoms with Gasteiger partial charge in [-0.25, -0.2) is 11.4 Å². The van der Waals surface area contributed by atoms with E-state index in [4.69, 9.17) is 11.3 Å². The van der Waals surface area contributed by atoms with Gasteiger partial charge in [0.05, 0.1) is 5.56 Å². The molecule has 0 aromatic heterocycles. The van der Waals surface area contributed by atoms with Crippen LogP contribution in [0.4, 0.5) is 29.3 Å².